The summed E-state index contributed by atoms with van der Waals surface area (Å²) < 4.78 is 5.45. The highest BCUT2D eigenvalue weighted by molar-refractivity contribution is 6.31. The largest absolute Gasteiger partial charge is 0.381 e. The molecule has 0 spiro atoms. The van der Waals surface area contributed by atoms with Gasteiger partial charge in [0.2, 0.25) is 0 Å². The Morgan fingerprint density at radius 1 is 1.32 bits per heavy atom. The Bertz CT molecular complexity index is 377. The van der Waals surface area contributed by atoms with Crippen LogP contribution in [0.5, 0.6) is 0 Å². The molecule has 3 heteroatoms. The van der Waals surface area contributed by atoms with Gasteiger partial charge in [-0.2, -0.15) is 0 Å². The lowest BCUT2D eigenvalue weighted by molar-refractivity contribution is 0.0605. The van der Waals surface area contributed by atoms with E-state index in [1.165, 1.54) is 18.4 Å². The predicted molar refractivity (Wildman–Crippen MR) is 80.6 cm³/mol. The molecule has 106 valence electrons. The van der Waals surface area contributed by atoms with Crippen LogP contribution in [0, 0.1) is 5.92 Å². The number of rotatable bonds is 6. The summed E-state index contributed by atoms with van der Waals surface area (Å²) in [7, 11) is 0. The van der Waals surface area contributed by atoms with Gasteiger partial charge in [-0.15, -0.1) is 0 Å². The van der Waals surface area contributed by atoms with Gasteiger partial charge in [0, 0.05) is 24.3 Å². The van der Waals surface area contributed by atoms with Crippen molar-refractivity contribution in [1.82, 2.24) is 5.32 Å². The number of benzene rings is 1. The van der Waals surface area contributed by atoms with Crippen LogP contribution in [-0.4, -0.2) is 19.8 Å². The number of ether oxygens (including phenoxy) is 1. The molecule has 0 aromatic heterocycles. The minimum Gasteiger partial charge on any atom is -0.381 e. The SMILES string of the molecule is CCCNC(CC1CCOCC1)c1ccccc1Cl. The van der Waals surface area contributed by atoms with Crippen molar-refractivity contribution in [1.29, 1.82) is 0 Å². The van der Waals surface area contributed by atoms with Crippen LogP contribution in [0.3, 0.4) is 0 Å². The van der Waals surface area contributed by atoms with E-state index in [4.69, 9.17) is 16.3 Å². The highest BCUT2D eigenvalue weighted by Crippen LogP contribution is 2.31. The highest BCUT2D eigenvalue weighted by Gasteiger charge is 2.21. The van der Waals surface area contributed by atoms with Crippen LogP contribution >= 0.6 is 11.6 Å². The van der Waals surface area contributed by atoms with Crippen LogP contribution in [0.1, 0.15) is 44.2 Å². The van der Waals surface area contributed by atoms with E-state index in [0.717, 1.165) is 43.5 Å². The molecule has 1 N–H and O–H groups in total. The average Bonchev–Trinajstić information content (AvgIpc) is 2.45. The molecule has 2 nitrogen and oxygen atoms in total. The second-order valence-electron chi connectivity index (χ2n) is 5.32. The molecule has 1 saturated heterocycles. The number of halogens is 1. The molecule has 1 aliphatic heterocycles. The van der Waals surface area contributed by atoms with E-state index in [1.54, 1.807) is 0 Å². The van der Waals surface area contributed by atoms with Gasteiger partial charge in [-0.05, 0) is 49.8 Å². The van der Waals surface area contributed by atoms with E-state index in [1.807, 2.05) is 12.1 Å². The summed E-state index contributed by atoms with van der Waals surface area (Å²) in [6.07, 6.45) is 4.66. The van der Waals surface area contributed by atoms with Crippen molar-refractivity contribution in [3.8, 4) is 0 Å². The molecule has 1 heterocycles. The summed E-state index contributed by atoms with van der Waals surface area (Å²) in [5, 5.41) is 4.53. The molecule has 1 aliphatic rings. The third-order valence-electron chi connectivity index (χ3n) is 3.83. The second-order valence-corrected chi connectivity index (χ2v) is 5.73. The molecular weight excluding hydrogens is 258 g/mol. The Hall–Kier alpha value is -0.570. The summed E-state index contributed by atoms with van der Waals surface area (Å²) >= 11 is 6.35. The highest BCUT2D eigenvalue weighted by atomic mass is 35.5. The predicted octanol–water partition coefficient (Wildman–Crippen LogP) is 4.20. The zero-order valence-corrected chi connectivity index (χ0v) is 12.5. The first-order valence-corrected chi connectivity index (χ1v) is 7.74. The molecule has 2 rings (SSSR count). The summed E-state index contributed by atoms with van der Waals surface area (Å²) in [5.41, 5.74) is 1.24. The van der Waals surface area contributed by atoms with Crippen LogP contribution in [0.2, 0.25) is 5.02 Å². The molecule has 1 atom stereocenters. The quantitative estimate of drug-likeness (QED) is 0.844. The molecule has 19 heavy (non-hydrogen) atoms. The molecule has 0 saturated carbocycles. The van der Waals surface area contributed by atoms with Crippen LogP contribution in [-0.2, 0) is 4.74 Å². The maximum absolute atomic E-state index is 6.35. The molecular formula is C16H24ClNO. The van der Waals surface area contributed by atoms with Crippen molar-refractivity contribution in [3.63, 3.8) is 0 Å². The lowest BCUT2D eigenvalue weighted by Crippen LogP contribution is -2.27. The standard InChI is InChI=1S/C16H24ClNO/c1-2-9-18-16(12-13-7-10-19-11-8-13)14-5-3-4-6-15(14)17/h3-6,13,16,18H,2,7-12H2,1H3. The molecule has 0 radical (unpaired) electrons. The lowest BCUT2D eigenvalue weighted by Gasteiger charge is -2.28. The van der Waals surface area contributed by atoms with E-state index >= 15 is 0 Å². The Labute approximate surface area is 121 Å². The fraction of sp³-hybridized carbons (Fsp3) is 0.625. The normalized spacial score (nSPS) is 18.4. The van der Waals surface area contributed by atoms with Gasteiger partial charge < -0.3 is 10.1 Å². The van der Waals surface area contributed by atoms with Crippen molar-refractivity contribution in [2.75, 3.05) is 19.8 Å². The molecule has 0 bridgehead atoms. The smallest absolute Gasteiger partial charge is 0.0468 e. The van der Waals surface area contributed by atoms with Gasteiger partial charge in [0.1, 0.15) is 0 Å². The van der Waals surface area contributed by atoms with E-state index in [0.29, 0.717) is 6.04 Å². The summed E-state index contributed by atoms with van der Waals surface area (Å²) in [6, 6.07) is 8.58. The summed E-state index contributed by atoms with van der Waals surface area (Å²) in [5.74, 6) is 0.749. The molecule has 1 aromatic rings. The minimum atomic E-state index is 0.372. The topological polar surface area (TPSA) is 21.3 Å². The third-order valence-corrected chi connectivity index (χ3v) is 4.18. The maximum atomic E-state index is 6.35. The average molecular weight is 282 g/mol. The minimum absolute atomic E-state index is 0.372. The van der Waals surface area contributed by atoms with Crippen molar-refractivity contribution < 1.29 is 4.74 Å². The Balaban J connectivity index is 2.04. The lowest BCUT2D eigenvalue weighted by atomic mass is 9.89. The first-order chi connectivity index (χ1) is 9.31. The van der Waals surface area contributed by atoms with E-state index in [9.17, 15) is 0 Å². The van der Waals surface area contributed by atoms with Crippen LogP contribution in [0.15, 0.2) is 24.3 Å². The van der Waals surface area contributed by atoms with E-state index in [-0.39, 0.29) is 0 Å². The van der Waals surface area contributed by atoms with Gasteiger partial charge in [-0.25, -0.2) is 0 Å². The summed E-state index contributed by atoms with van der Waals surface area (Å²) in [4.78, 5) is 0. The van der Waals surface area contributed by atoms with Gasteiger partial charge in [-0.3, -0.25) is 0 Å². The van der Waals surface area contributed by atoms with Gasteiger partial charge >= 0.3 is 0 Å². The molecule has 0 amide bonds. The Morgan fingerprint density at radius 2 is 2.05 bits per heavy atom. The van der Waals surface area contributed by atoms with Crippen molar-refractivity contribution in [2.24, 2.45) is 5.92 Å². The van der Waals surface area contributed by atoms with Gasteiger partial charge in [0.25, 0.3) is 0 Å². The fourth-order valence-corrected chi connectivity index (χ4v) is 2.98. The number of hydrogen-bond acceptors (Lipinski definition) is 2. The summed E-state index contributed by atoms with van der Waals surface area (Å²) in [6.45, 7) is 5.06. The first kappa shape index (κ1) is 14.8. The molecule has 1 unspecified atom stereocenters. The van der Waals surface area contributed by atoms with Crippen LogP contribution in [0.25, 0.3) is 0 Å². The van der Waals surface area contributed by atoms with Crippen molar-refractivity contribution in [3.05, 3.63) is 34.9 Å². The second kappa shape index (κ2) is 7.88. The van der Waals surface area contributed by atoms with Crippen LogP contribution in [0.4, 0.5) is 0 Å². The van der Waals surface area contributed by atoms with Crippen molar-refractivity contribution >= 4 is 11.6 Å². The van der Waals surface area contributed by atoms with Crippen LogP contribution < -0.4 is 5.32 Å². The Kier molecular flexibility index (Phi) is 6.15. The van der Waals surface area contributed by atoms with Gasteiger partial charge in [0.15, 0.2) is 0 Å². The van der Waals surface area contributed by atoms with E-state index in [2.05, 4.69) is 24.4 Å². The molecule has 0 aliphatic carbocycles. The maximum Gasteiger partial charge on any atom is 0.0468 e. The molecule has 1 aromatic carbocycles. The zero-order valence-electron chi connectivity index (χ0n) is 11.7. The fourth-order valence-electron chi connectivity index (χ4n) is 2.71. The molecule has 1 fully saturated rings. The number of hydrogen-bond donors (Lipinski definition) is 1. The van der Waals surface area contributed by atoms with E-state index < -0.39 is 0 Å². The Morgan fingerprint density at radius 3 is 2.74 bits per heavy atom. The zero-order chi connectivity index (χ0) is 13.5. The number of nitrogens with one attached hydrogen (secondary N) is 1. The monoisotopic (exact) mass is 281 g/mol. The third kappa shape index (κ3) is 4.48. The van der Waals surface area contributed by atoms with Crippen molar-refractivity contribution in [2.45, 2.75) is 38.6 Å². The first-order valence-electron chi connectivity index (χ1n) is 7.36. The van der Waals surface area contributed by atoms with Gasteiger partial charge in [-0.1, -0.05) is 36.7 Å². The van der Waals surface area contributed by atoms with Gasteiger partial charge in [0.05, 0.1) is 0 Å².